The molecule has 1 aliphatic carbocycles. The standard InChI is InChI=1S/C25H28FN3O2/c1-2-25(26)9-12-28(13-10-25)15-17-14-19-20(23-18(17)6-5-11-27-23)16-29(24(19)31)21-7-3-4-8-22(21)30/h1,5-6,11,14,21-22,30H,3-4,7-10,12-13,15-16H2. The van der Waals surface area contributed by atoms with Crippen molar-refractivity contribution < 1.29 is 14.3 Å². The Morgan fingerprint density at radius 3 is 2.81 bits per heavy atom. The molecule has 1 amide bonds. The van der Waals surface area contributed by atoms with E-state index in [0.29, 0.717) is 44.6 Å². The van der Waals surface area contributed by atoms with E-state index in [4.69, 9.17) is 6.42 Å². The number of aromatic nitrogens is 1. The number of likely N-dealkylation sites (tertiary alicyclic amines) is 1. The van der Waals surface area contributed by atoms with Crippen LogP contribution in [0.5, 0.6) is 0 Å². The normalized spacial score (nSPS) is 26.1. The molecule has 2 fully saturated rings. The average molecular weight is 422 g/mol. The van der Waals surface area contributed by atoms with Crippen LogP contribution >= 0.6 is 0 Å². The van der Waals surface area contributed by atoms with Crippen LogP contribution in [0.25, 0.3) is 10.9 Å². The molecule has 3 heterocycles. The van der Waals surface area contributed by atoms with Crippen LogP contribution in [0.3, 0.4) is 0 Å². The summed E-state index contributed by atoms with van der Waals surface area (Å²) in [6.45, 7) is 2.32. The summed E-state index contributed by atoms with van der Waals surface area (Å²) in [6.07, 6.45) is 11.0. The summed E-state index contributed by atoms with van der Waals surface area (Å²) in [5.41, 5.74) is 2.04. The Morgan fingerprint density at radius 1 is 1.29 bits per heavy atom. The Bertz CT molecular complexity index is 1050. The van der Waals surface area contributed by atoms with Crippen LogP contribution in [0.4, 0.5) is 4.39 Å². The maximum Gasteiger partial charge on any atom is 0.254 e. The highest BCUT2D eigenvalue weighted by Gasteiger charge is 2.39. The molecule has 2 atom stereocenters. The maximum atomic E-state index is 14.4. The fourth-order valence-electron chi connectivity index (χ4n) is 5.42. The molecule has 5 nitrogen and oxygen atoms in total. The van der Waals surface area contributed by atoms with Crippen molar-refractivity contribution in [3.63, 3.8) is 0 Å². The van der Waals surface area contributed by atoms with Crippen molar-refractivity contribution >= 4 is 16.8 Å². The zero-order valence-electron chi connectivity index (χ0n) is 17.7. The number of hydrogen-bond donors (Lipinski definition) is 1. The molecule has 5 rings (SSSR count). The van der Waals surface area contributed by atoms with E-state index in [0.717, 1.165) is 47.7 Å². The molecule has 1 N–H and O–H groups in total. The van der Waals surface area contributed by atoms with Gasteiger partial charge in [-0.3, -0.25) is 14.7 Å². The van der Waals surface area contributed by atoms with E-state index in [1.165, 1.54) is 0 Å². The van der Waals surface area contributed by atoms with Crippen molar-refractivity contribution in [3.8, 4) is 12.3 Å². The van der Waals surface area contributed by atoms with Crippen molar-refractivity contribution in [2.45, 2.75) is 69.4 Å². The molecule has 1 aromatic carbocycles. The largest absolute Gasteiger partial charge is 0.391 e. The number of aliphatic hydroxyl groups excluding tert-OH is 1. The number of halogens is 1. The molecule has 2 unspecified atom stereocenters. The van der Waals surface area contributed by atoms with E-state index >= 15 is 0 Å². The minimum Gasteiger partial charge on any atom is -0.391 e. The molecule has 2 aromatic rings. The number of fused-ring (bicyclic) bond motifs is 3. The quantitative estimate of drug-likeness (QED) is 0.772. The Hall–Kier alpha value is -2.49. The van der Waals surface area contributed by atoms with Gasteiger partial charge in [0.2, 0.25) is 0 Å². The lowest BCUT2D eigenvalue weighted by atomic mass is 9.91. The number of aliphatic hydroxyl groups is 1. The molecule has 31 heavy (non-hydrogen) atoms. The highest BCUT2D eigenvalue weighted by atomic mass is 19.1. The first-order valence-corrected chi connectivity index (χ1v) is 11.3. The molecule has 0 bridgehead atoms. The summed E-state index contributed by atoms with van der Waals surface area (Å²) >= 11 is 0. The lowest BCUT2D eigenvalue weighted by Gasteiger charge is -2.35. The number of carbonyl (C=O) groups is 1. The van der Waals surface area contributed by atoms with Crippen LogP contribution in [0.2, 0.25) is 0 Å². The van der Waals surface area contributed by atoms with E-state index in [1.807, 2.05) is 23.1 Å². The van der Waals surface area contributed by atoms with Gasteiger partial charge in [0.05, 0.1) is 17.7 Å². The highest BCUT2D eigenvalue weighted by Crippen LogP contribution is 2.36. The molecule has 6 heteroatoms. The molecule has 0 spiro atoms. The van der Waals surface area contributed by atoms with E-state index in [9.17, 15) is 14.3 Å². The van der Waals surface area contributed by atoms with Crippen LogP contribution in [0.15, 0.2) is 24.4 Å². The number of amides is 1. The topological polar surface area (TPSA) is 56.7 Å². The number of hydrogen-bond acceptors (Lipinski definition) is 4. The number of piperidine rings is 1. The summed E-state index contributed by atoms with van der Waals surface area (Å²) in [5.74, 6) is 2.29. The summed E-state index contributed by atoms with van der Waals surface area (Å²) < 4.78 is 14.4. The van der Waals surface area contributed by atoms with Crippen molar-refractivity contribution in [1.82, 2.24) is 14.8 Å². The zero-order chi connectivity index (χ0) is 21.6. The van der Waals surface area contributed by atoms with Gasteiger partial charge >= 0.3 is 0 Å². The number of terminal acetylenes is 1. The molecular weight excluding hydrogens is 393 g/mol. The van der Waals surface area contributed by atoms with Gasteiger partial charge in [0, 0.05) is 61.7 Å². The van der Waals surface area contributed by atoms with Gasteiger partial charge in [0.1, 0.15) is 0 Å². The van der Waals surface area contributed by atoms with Gasteiger partial charge in [-0.15, -0.1) is 6.42 Å². The number of pyridine rings is 1. The molecule has 0 radical (unpaired) electrons. The van der Waals surface area contributed by atoms with Gasteiger partial charge in [-0.05, 0) is 30.5 Å². The molecule has 2 aliphatic heterocycles. The molecule has 1 saturated carbocycles. The summed E-state index contributed by atoms with van der Waals surface area (Å²) in [4.78, 5) is 22.0. The Morgan fingerprint density at radius 2 is 2.06 bits per heavy atom. The third-order valence-electron chi connectivity index (χ3n) is 7.30. The van der Waals surface area contributed by atoms with Gasteiger partial charge in [-0.2, -0.15) is 0 Å². The van der Waals surface area contributed by atoms with Gasteiger partial charge in [-0.25, -0.2) is 4.39 Å². The lowest BCUT2D eigenvalue weighted by Crippen LogP contribution is -2.45. The highest BCUT2D eigenvalue weighted by molar-refractivity contribution is 6.04. The minimum absolute atomic E-state index is 0.0106. The summed E-state index contributed by atoms with van der Waals surface area (Å²) in [5, 5.41) is 11.5. The number of alkyl halides is 1. The fraction of sp³-hybridized carbons (Fsp3) is 0.520. The summed E-state index contributed by atoms with van der Waals surface area (Å²) in [7, 11) is 0. The van der Waals surface area contributed by atoms with E-state index in [-0.39, 0.29) is 11.9 Å². The molecular formula is C25H28FN3O2. The van der Waals surface area contributed by atoms with E-state index in [2.05, 4.69) is 15.8 Å². The van der Waals surface area contributed by atoms with Crippen LogP contribution in [-0.2, 0) is 13.1 Å². The van der Waals surface area contributed by atoms with Crippen LogP contribution in [-0.4, -0.2) is 56.7 Å². The van der Waals surface area contributed by atoms with Crippen molar-refractivity contribution in [1.29, 1.82) is 0 Å². The average Bonchev–Trinajstić information content (AvgIpc) is 3.12. The van der Waals surface area contributed by atoms with Gasteiger partial charge < -0.3 is 10.0 Å². The van der Waals surface area contributed by atoms with Gasteiger partial charge in [0.15, 0.2) is 5.67 Å². The van der Waals surface area contributed by atoms with Crippen molar-refractivity contribution in [3.05, 3.63) is 41.1 Å². The fourth-order valence-corrected chi connectivity index (χ4v) is 5.42. The monoisotopic (exact) mass is 421 g/mol. The first-order valence-electron chi connectivity index (χ1n) is 11.3. The Balaban J connectivity index is 1.46. The second-order valence-electron chi connectivity index (χ2n) is 9.20. The molecule has 1 aromatic heterocycles. The minimum atomic E-state index is -1.50. The molecule has 3 aliphatic rings. The molecule has 162 valence electrons. The Kier molecular flexibility index (Phi) is 5.19. The Labute approximate surface area is 182 Å². The third-order valence-corrected chi connectivity index (χ3v) is 7.30. The second kappa shape index (κ2) is 7.89. The van der Waals surface area contributed by atoms with Crippen molar-refractivity contribution in [2.75, 3.05) is 13.1 Å². The predicted octanol–water partition coefficient (Wildman–Crippen LogP) is 3.43. The second-order valence-corrected chi connectivity index (χ2v) is 9.20. The predicted molar refractivity (Wildman–Crippen MR) is 117 cm³/mol. The smallest absolute Gasteiger partial charge is 0.254 e. The number of carbonyl (C=O) groups excluding carboxylic acids is 1. The van der Waals surface area contributed by atoms with Crippen molar-refractivity contribution in [2.24, 2.45) is 0 Å². The number of benzene rings is 1. The van der Waals surface area contributed by atoms with Gasteiger partial charge in [0.25, 0.3) is 5.91 Å². The van der Waals surface area contributed by atoms with E-state index in [1.54, 1.807) is 6.20 Å². The van der Waals surface area contributed by atoms with Crippen LogP contribution < -0.4 is 0 Å². The number of rotatable bonds is 3. The zero-order valence-corrected chi connectivity index (χ0v) is 17.7. The van der Waals surface area contributed by atoms with Crippen LogP contribution in [0.1, 0.15) is 60.0 Å². The third kappa shape index (κ3) is 3.60. The first kappa shape index (κ1) is 20.4. The molecule has 1 saturated heterocycles. The lowest BCUT2D eigenvalue weighted by molar-refractivity contribution is 0.0192. The summed E-state index contributed by atoms with van der Waals surface area (Å²) in [6, 6.07) is 5.83. The van der Waals surface area contributed by atoms with Crippen LogP contribution in [0, 0.1) is 12.3 Å². The maximum absolute atomic E-state index is 14.4. The number of nitrogens with zero attached hydrogens (tertiary/aromatic N) is 3. The van der Waals surface area contributed by atoms with Gasteiger partial charge in [-0.1, -0.05) is 24.8 Å². The SMILES string of the molecule is C#CC1(F)CCN(Cc2cc3c(c4ncccc24)CN(C2CCCCC2O)C3=O)CC1. The van der Waals surface area contributed by atoms with E-state index < -0.39 is 11.8 Å². The first-order chi connectivity index (χ1) is 15.0.